The van der Waals surface area contributed by atoms with Crippen LogP contribution in [0, 0.1) is 0 Å². The molecule has 1 amide bonds. The minimum absolute atomic E-state index is 0.0869. The van der Waals surface area contributed by atoms with Crippen molar-refractivity contribution in [2.24, 2.45) is 5.73 Å². The van der Waals surface area contributed by atoms with E-state index in [2.05, 4.69) is 43.5 Å². The number of allylic oxidation sites excluding steroid dienone is 4. The fraction of sp³-hybridized carbons (Fsp3) is 0.881. The highest BCUT2D eigenvalue weighted by Gasteiger charge is 2.27. The summed E-state index contributed by atoms with van der Waals surface area (Å²) in [5.41, 5.74) is 5.38. The first-order chi connectivity index (χ1) is 24.9. The zero-order chi connectivity index (χ0) is 37.5. The molecule has 0 heterocycles. The van der Waals surface area contributed by atoms with Gasteiger partial charge in [-0.2, -0.15) is 0 Å². The van der Waals surface area contributed by atoms with Gasteiger partial charge in [0.25, 0.3) is 0 Å². The van der Waals surface area contributed by atoms with Gasteiger partial charge in [0.15, 0.2) is 0 Å². The first-order valence-electron chi connectivity index (χ1n) is 21.5. The third-order valence-electron chi connectivity index (χ3n) is 9.56. The Kier molecular flexibility index (Phi) is 37.9. The standard InChI is InChI=1S/C42H83N2O6P/c1-3-5-7-9-11-13-15-17-19-21-23-25-27-29-31-33-35-41(45)40(39-50-51(47,48)49-38-37-43)44-42(46)36-34-32-30-28-26-24-22-20-18-16-14-12-10-8-6-4-2/h14,16,20,22,40-41,45H,3-13,15,17-19,21,23-39,43H2,1-2H3,(H,44,46)(H,47,48)/b16-14-,22-20-. The minimum atomic E-state index is -4.32. The van der Waals surface area contributed by atoms with E-state index in [0.717, 1.165) is 64.2 Å². The van der Waals surface area contributed by atoms with Crippen molar-refractivity contribution in [1.29, 1.82) is 0 Å². The Hall–Kier alpha value is -1.02. The zero-order valence-corrected chi connectivity index (χ0v) is 34.2. The van der Waals surface area contributed by atoms with Crippen molar-refractivity contribution in [3.05, 3.63) is 24.3 Å². The Bertz CT molecular complexity index is 855. The molecule has 0 aromatic heterocycles. The Morgan fingerprint density at radius 2 is 1.08 bits per heavy atom. The highest BCUT2D eigenvalue weighted by Crippen LogP contribution is 2.43. The predicted molar refractivity (Wildman–Crippen MR) is 217 cm³/mol. The van der Waals surface area contributed by atoms with Gasteiger partial charge in [-0.05, 0) is 44.9 Å². The lowest BCUT2D eigenvalue weighted by molar-refractivity contribution is -0.123. The number of aliphatic hydroxyl groups excluding tert-OH is 1. The van der Waals surface area contributed by atoms with E-state index in [1.165, 1.54) is 116 Å². The molecule has 0 rings (SSSR count). The number of aliphatic hydroxyl groups is 1. The second kappa shape index (κ2) is 38.7. The average molecular weight is 743 g/mol. The molecule has 5 N–H and O–H groups in total. The maximum absolute atomic E-state index is 12.8. The van der Waals surface area contributed by atoms with Crippen molar-refractivity contribution in [2.45, 2.75) is 219 Å². The van der Waals surface area contributed by atoms with Gasteiger partial charge in [0.1, 0.15) is 0 Å². The maximum Gasteiger partial charge on any atom is 0.472 e. The molecule has 0 aliphatic rings. The van der Waals surface area contributed by atoms with Crippen molar-refractivity contribution in [1.82, 2.24) is 5.32 Å². The highest BCUT2D eigenvalue weighted by molar-refractivity contribution is 7.47. The second-order valence-electron chi connectivity index (χ2n) is 14.6. The van der Waals surface area contributed by atoms with Crippen LogP contribution in [0.25, 0.3) is 0 Å². The summed E-state index contributed by atoms with van der Waals surface area (Å²) in [4.78, 5) is 22.7. The Morgan fingerprint density at radius 1 is 0.647 bits per heavy atom. The highest BCUT2D eigenvalue weighted by atomic mass is 31.2. The summed E-state index contributed by atoms with van der Waals surface area (Å²) >= 11 is 0. The summed E-state index contributed by atoms with van der Waals surface area (Å²) in [7, 11) is -4.32. The Balaban J connectivity index is 4.20. The summed E-state index contributed by atoms with van der Waals surface area (Å²) in [5, 5.41) is 13.8. The summed E-state index contributed by atoms with van der Waals surface area (Å²) in [6, 6.07) is -0.779. The van der Waals surface area contributed by atoms with E-state index in [9.17, 15) is 19.4 Å². The van der Waals surface area contributed by atoms with E-state index in [1.54, 1.807) is 0 Å². The van der Waals surface area contributed by atoms with E-state index >= 15 is 0 Å². The Morgan fingerprint density at radius 3 is 1.57 bits per heavy atom. The third kappa shape index (κ3) is 37.1. The zero-order valence-electron chi connectivity index (χ0n) is 33.4. The molecular weight excluding hydrogens is 659 g/mol. The number of nitrogens with one attached hydrogen (secondary N) is 1. The van der Waals surface area contributed by atoms with Crippen LogP contribution in [0.15, 0.2) is 24.3 Å². The number of carbonyl (C=O) groups excluding carboxylic acids is 1. The van der Waals surface area contributed by atoms with Crippen LogP contribution in [0.2, 0.25) is 0 Å². The summed E-state index contributed by atoms with van der Waals surface area (Å²) in [6.45, 7) is 4.19. The van der Waals surface area contributed by atoms with E-state index in [4.69, 9.17) is 14.8 Å². The SMILES string of the molecule is CCCCCC/C=C\C/C=C\CCCCCCCC(=O)NC(COP(=O)(O)OCCN)C(O)CCCCCCCCCCCCCCCCCC. The maximum atomic E-state index is 12.8. The molecule has 3 unspecified atom stereocenters. The molecule has 0 saturated carbocycles. The molecule has 3 atom stereocenters. The molecule has 0 fully saturated rings. The monoisotopic (exact) mass is 743 g/mol. The lowest BCUT2D eigenvalue weighted by Crippen LogP contribution is -2.46. The number of amides is 1. The van der Waals surface area contributed by atoms with Gasteiger partial charge in [0.2, 0.25) is 5.91 Å². The minimum Gasteiger partial charge on any atom is -0.391 e. The van der Waals surface area contributed by atoms with E-state index in [0.29, 0.717) is 12.8 Å². The van der Waals surface area contributed by atoms with Gasteiger partial charge in [0.05, 0.1) is 25.4 Å². The molecular formula is C42H83N2O6P. The fourth-order valence-corrected chi connectivity index (χ4v) is 7.04. The summed E-state index contributed by atoms with van der Waals surface area (Å²) in [5.74, 6) is -0.174. The molecule has 9 heteroatoms. The second-order valence-corrected chi connectivity index (χ2v) is 16.0. The number of hydrogen-bond donors (Lipinski definition) is 4. The molecule has 51 heavy (non-hydrogen) atoms. The van der Waals surface area contributed by atoms with Crippen LogP contribution in [-0.2, 0) is 18.4 Å². The van der Waals surface area contributed by atoms with E-state index in [-0.39, 0.29) is 25.7 Å². The Labute approximate surface area is 315 Å². The van der Waals surface area contributed by atoms with Gasteiger partial charge in [0, 0.05) is 13.0 Å². The van der Waals surface area contributed by atoms with Gasteiger partial charge in [-0.3, -0.25) is 13.8 Å². The van der Waals surface area contributed by atoms with Gasteiger partial charge in [-0.15, -0.1) is 0 Å². The topological polar surface area (TPSA) is 131 Å². The number of carbonyl (C=O) groups is 1. The number of hydrogen-bond acceptors (Lipinski definition) is 6. The summed E-state index contributed by atoms with van der Waals surface area (Å²) < 4.78 is 22.2. The quantitative estimate of drug-likeness (QED) is 0.0279. The predicted octanol–water partition coefficient (Wildman–Crippen LogP) is 11.8. The average Bonchev–Trinajstić information content (AvgIpc) is 3.12. The van der Waals surface area contributed by atoms with Gasteiger partial charge in [-0.1, -0.05) is 179 Å². The van der Waals surface area contributed by atoms with Crippen LogP contribution >= 0.6 is 7.82 Å². The molecule has 0 aliphatic heterocycles. The van der Waals surface area contributed by atoms with Crippen LogP contribution in [0.3, 0.4) is 0 Å². The van der Waals surface area contributed by atoms with Crippen LogP contribution in [0.5, 0.6) is 0 Å². The van der Waals surface area contributed by atoms with Gasteiger partial charge >= 0.3 is 7.82 Å². The van der Waals surface area contributed by atoms with Crippen LogP contribution in [0.4, 0.5) is 0 Å². The van der Waals surface area contributed by atoms with Crippen molar-refractivity contribution in [2.75, 3.05) is 19.8 Å². The molecule has 0 aliphatic carbocycles. The van der Waals surface area contributed by atoms with Gasteiger partial charge < -0.3 is 21.1 Å². The molecule has 0 aromatic rings. The number of phosphoric ester groups is 1. The molecule has 8 nitrogen and oxygen atoms in total. The molecule has 0 saturated heterocycles. The van der Waals surface area contributed by atoms with Crippen LogP contribution in [0.1, 0.15) is 206 Å². The number of nitrogens with two attached hydrogens (primary N) is 1. The fourth-order valence-electron chi connectivity index (χ4n) is 6.28. The van der Waals surface area contributed by atoms with Crippen molar-refractivity contribution in [3.63, 3.8) is 0 Å². The largest absolute Gasteiger partial charge is 0.472 e. The normalized spacial score (nSPS) is 14.4. The molecule has 0 radical (unpaired) electrons. The smallest absolute Gasteiger partial charge is 0.391 e. The third-order valence-corrected chi connectivity index (χ3v) is 10.5. The lowest BCUT2D eigenvalue weighted by Gasteiger charge is -2.25. The first-order valence-corrected chi connectivity index (χ1v) is 22.9. The molecule has 302 valence electrons. The number of unbranched alkanes of at least 4 members (excludes halogenated alkanes) is 24. The first kappa shape index (κ1) is 50.0. The van der Waals surface area contributed by atoms with E-state index < -0.39 is 20.0 Å². The van der Waals surface area contributed by atoms with Crippen molar-refractivity contribution in [3.8, 4) is 0 Å². The summed E-state index contributed by atoms with van der Waals surface area (Å²) in [6.07, 6.45) is 43.2. The molecule has 0 spiro atoms. The van der Waals surface area contributed by atoms with Crippen molar-refractivity contribution < 1.29 is 28.4 Å². The molecule has 0 aromatic carbocycles. The van der Waals surface area contributed by atoms with Gasteiger partial charge in [-0.25, -0.2) is 4.57 Å². The van der Waals surface area contributed by atoms with E-state index in [1.807, 2.05) is 0 Å². The number of rotatable bonds is 40. The van der Waals surface area contributed by atoms with Crippen LogP contribution < -0.4 is 11.1 Å². The van der Waals surface area contributed by atoms with Crippen molar-refractivity contribution >= 4 is 13.7 Å². The lowest BCUT2D eigenvalue weighted by atomic mass is 10.0. The molecule has 0 bridgehead atoms. The van der Waals surface area contributed by atoms with Crippen LogP contribution in [-0.4, -0.2) is 47.8 Å². The number of phosphoric acid groups is 1.